The second kappa shape index (κ2) is 19.6. The van der Waals surface area contributed by atoms with E-state index in [4.69, 9.17) is 0 Å². The highest BCUT2D eigenvalue weighted by atomic mass is 15.2. The highest BCUT2D eigenvalue weighted by Gasteiger charge is 2.49. The van der Waals surface area contributed by atoms with Gasteiger partial charge in [-0.2, -0.15) is 0 Å². The summed E-state index contributed by atoms with van der Waals surface area (Å²) in [6.07, 6.45) is 2.32. The summed E-state index contributed by atoms with van der Waals surface area (Å²) in [4.78, 5) is 5.44. The van der Waals surface area contributed by atoms with E-state index in [-0.39, 0.29) is 50.5 Å². The molecule has 9 aromatic carbocycles. The van der Waals surface area contributed by atoms with Crippen molar-refractivity contribution in [2.75, 3.05) is 9.80 Å². The van der Waals surface area contributed by atoms with Gasteiger partial charge < -0.3 is 9.80 Å². The minimum atomic E-state index is -0.258. The molecule has 9 aromatic rings. The second-order valence-electron chi connectivity index (χ2n) is 31.9. The Balaban J connectivity index is 1.15. The monoisotopic (exact) mass is 1130 g/mol. The fourth-order valence-corrected chi connectivity index (χ4v) is 15.7. The zero-order valence-electron chi connectivity index (χ0n) is 55.2. The van der Waals surface area contributed by atoms with Gasteiger partial charge in [-0.1, -0.05) is 251 Å². The van der Waals surface area contributed by atoms with Crippen LogP contribution in [0.5, 0.6) is 0 Å². The van der Waals surface area contributed by atoms with E-state index in [1.807, 2.05) is 0 Å². The van der Waals surface area contributed by atoms with E-state index in [1.54, 1.807) is 0 Å². The van der Waals surface area contributed by atoms with Gasteiger partial charge in [-0.05, 0) is 196 Å². The van der Waals surface area contributed by atoms with E-state index in [0.717, 1.165) is 6.42 Å². The molecular weight excluding hydrogens is 1040 g/mol. The third-order valence-electron chi connectivity index (χ3n) is 21.1. The van der Waals surface area contributed by atoms with Crippen LogP contribution in [0.3, 0.4) is 0 Å². The highest BCUT2D eigenvalue weighted by Crippen LogP contribution is 2.56. The van der Waals surface area contributed by atoms with Crippen LogP contribution in [-0.4, -0.2) is 6.71 Å². The summed E-state index contributed by atoms with van der Waals surface area (Å²) in [6.45, 7) is 45.4. The Kier molecular flexibility index (Phi) is 13.1. The van der Waals surface area contributed by atoms with Crippen molar-refractivity contribution in [3.8, 4) is 11.1 Å². The van der Waals surface area contributed by atoms with Crippen LogP contribution in [0.15, 0.2) is 176 Å². The molecule has 86 heavy (non-hydrogen) atoms. The van der Waals surface area contributed by atoms with Crippen LogP contribution < -0.4 is 26.2 Å². The van der Waals surface area contributed by atoms with Gasteiger partial charge in [-0.15, -0.1) is 0 Å². The number of hydrogen-bond acceptors (Lipinski definition) is 2. The molecule has 0 amide bonds. The molecule has 0 saturated carbocycles. The first-order valence-corrected chi connectivity index (χ1v) is 32.1. The van der Waals surface area contributed by atoms with Gasteiger partial charge in [0.2, 0.25) is 0 Å². The number of nitrogens with zero attached hydrogens (tertiary/aromatic N) is 2. The van der Waals surface area contributed by atoms with Gasteiger partial charge in [0.25, 0.3) is 6.71 Å². The summed E-state index contributed by atoms with van der Waals surface area (Å²) in [5.74, 6) is -0.0132. The average molecular weight is 1130 g/mol. The topological polar surface area (TPSA) is 6.48 Å². The van der Waals surface area contributed by atoms with Crippen molar-refractivity contribution < 1.29 is 0 Å². The molecule has 2 nitrogen and oxygen atoms in total. The maximum Gasteiger partial charge on any atom is 0.252 e. The number of rotatable bonds is 6. The maximum absolute atomic E-state index is 2.74. The molecule has 0 N–H and O–H groups in total. The Morgan fingerprint density at radius 1 is 0.372 bits per heavy atom. The SMILES string of the molecule is Cc1cc2c3c(c1)N(c1ccc(C(C)(C)C)cc1-c1ccccc1)c1cc4c(cc1B3c1ccc(C(c3ccc(C(C)(C)C)cc3)c3ccc(C(C)(C)C)cc3)cc1N2c1cc2c(cc1C)C(C)(C)CCC2(C)C)C(C)(C)c1ccccc1C4(C)C. The predicted octanol–water partition coefficient (Wildman–Crippen LogP) is 20.4. The first kappa shape index (κ1) is 57.7. The van der Waals surface area contributed by atoms with Crippen molar-refractivity contribution in [1.82, 2.24) is 0 Å². The van der Waals surface area contributed by atoms with Crippen molar-refractivity contribution in [2.45, 2.75) is 188 Å². The zero-order valence-corrected chi connectivity index (χ0v) is 55.2. The second-order valence-corrected chi connectivity index (χ2v) is 31.9. The Morgan fingerprint density at radius 3 is 1.36 bits per heavy atom. The third kappa shape index (κ3) is 9.17. The van der Waals surface area contributed by atoms with Crippen LogP contribution in [0.25, 0.3) is 11.1 Å². The van der Waals surface area contributed by atoms with Crippen molar-refractivity contribution in [3.63, 3.8) is 0 Å². The fourth-order valence-electron chi connectivity index (χ4n) is 15.7. The lowest BCUT2D eigenvalue weighted by Gasteiger charge is -2.49. The van der Waals surface area contributed by atoms with Crippen LogP contribution >= 0.6 is 0 Å². The van der Waals surface area contributed by atoms with Crippen molar-refractivity contribution >= 4 is 57.2 Å². The number of aryl methyl sites for hydroxylation is 2. The van der Waals surface area contributed by atoms with Gasteiger partial charge in [0.1, 0.15) is 0 Å². The molecule has 0 radical (unpaired) electrons. The van der Waals surface area contributed by atoms with Crippen LogP contribution in [-0.2, 0) is 37.9 Å². The van der Waals surface area contributed by atoms with E-state index in [1.165, 1.54) is 146 Å². The van der Waals surface area contributed by atoms with Gasteiger partial charge in [-0.25, -0.2) is 0 Å². The molecule has 0 spiro atoms. The molecule has 436 valence electrons. The predicted molar refractivity (Wildman–Crippen MR) is 371 cm³/mol. The van der Waals surface area contributed by atoms with Crippen molar-refractivity contribution in [2.24, 2.45) is 0 Å². The molecule has 0 unspecified atom stereocenters. The van der Waals surface area contributed by atoms with Crippen molar-refractivity contribution in [1.29, 1.82) is 0 Å². The Hall–Kier alpha value is -7.36. The first-order valence-electron chi connectivity index (χ1n) is 32.1. The highest BCUT2D eigenvalue weighted by molar-refractivity contribution is 7.00. The standard InChI is InChI=1S/C83H91BN2/c1-51-43-73-76-74(44-51)86(70-49-64-63(45-52(70)2)80(12,13)41-42-81(64,14)15)71-46-56(75(54-29-34-57(35-30-54)77(3,4)5)55-31-36-58(37-32-55)78(6,7)8)33-39-67(71)84(76)68-48-65-66(83(18,19)62-28-24-23-27-61(62)82(65,16)17)50-72(68)85(73)69-40-38-59(79(9,10)11)47-60(69)53-25-21-20-22-26-53/h20-40,43-50,75H,41-42H2,1-19H3. The van der Waals surface area contributed by atoms with Crippen LogP contribution in [0.4, 0.5) is 34.1 Å². The molecule has 3 heteroatoms. The smallest absolute Gasteiger partial charge is 0.252 e. The van der Waals surface area contributed by atoms with Crippen LogP contribution in [0.2, 0.25) is 0 Å². The molecule has 2 aliphatic heterocycles. The Labute approximate surface area is 517 Å². The van der Waals surface area contributed by atoms with E-state index in [2.05, 4.69) is 317 Å². The normalized spacial score (nSPS) is 16.9. The van der Waals surface area contributed by atoms with Crippen LogP contribution in [0.1, 0.15) is 214 Å². The molecule has 4 aliphatic rings. The molecular formula is C83H91BN2. The van der Waals surface area contributed by atoms with Crippen LogP contribution in [0, 0.1) is 13.8 Å². The maximum atomic E-state index is 2.74. The number of benzene rings is 9. The first-order chi connectivity index (χ1) is 40.4. The van der Waals surface area contributed by atoms with E-state index >= 15 is 0 Å². The lowest BCUT2D eigenvalue weighted by atomic mass is 9.33. The van der Waals surface area contributed by atoms with Gasteiger partial charge in [0.05, 0.1) is 5.69 Å². The summed E-state index contributed by atoms with van der Waals surface area (Å²) < 4.78 is 0. The summed E-state index contributed by atoms with van der Waals surface area (Å²) >= 11 is 0. The summed E-state index contributed by atoms with van der Waals surface area (Å²) in [6, 6.07) is 70.3. The molecule has 2 aliphatic carbocycles. The lowest BCUT2D eigenvalue weighted by molar-refractivity contribution is 0.332. The summed E-state index contributed by atoms with van der Waals surface area (Å²) in [7, 11) is 0. The number of hydrogen-bond donors (Lipinski definition) is 0. The largest absolute Gasteiger partial charge is 0.311 e. The lowest BCUT2D eigenvalue weighted by Crippen LogP contribution is -2.62. The molecule has 0 saturated heterocycles. The Bertz CT molecular complexity index is 4130. The van der Waals surface area contributed by atoms with Crippen molar-refractivity contribution in [3.05, 3.63) is 254 Å². The van der Waals surface area contributed by atoms with E-state index in [0.29, 0.717) is 0 Å². The number of anilines is 6. The minimum Gasteiger partial charge on any atom is -0.311 e. The molecule has 0 fully saturated rings. The summed E-state index contributed by atoms with van der Waals surface area (Å²) in [5.41, 5.74) is 32.7. The average Bonchev–Trinajstić information content (AvgIpc) is 0.693. The number of fused-ring (bicyclic) bond motifs is 7. The van der Waals surface area contributed by atoms with Gasteiger partial charge in [-0.3, -0.25) is 0 Å². The van der Waals surface area contributed by atoms with Gasteiger partial charge in [0, 0.05) is 50.7 Å². The molecule has 0 atom stereocenters. The van der Waals surface area contributed by atoms with E-state index < -0.39 is 0 Å². The molecule has 2 heterocycles. The van der Waals surface area contributed by atoms with Gasteiger partial charge >= 0.3 is 0 Å². The summed E-state index contributed by atoms with van der Waals surface area (Å²) in [5, 5.41) is 0. The van der Waals surface area contributed by atoms with Gasteiger partial charge in [0.15, 0.2) is 0 Å². The third-order valence-corrected chi connectivity index (χ3v) is 21.1. The minimum absolute atomic E-state index is 0.00690. The molecule has 0 bridgehead atoms. The molecule has 0 aromatic heterocycles. The van der Waals surface area contributed by atoms with E-state index in [9.17, 15) is 0 Å². The Morgan fingerprint density at radius 2 is 0.826 bits per heavy atom. The quantitative estimate of drug-likeness (QED) is 0.121. The molecule has 13 rings (SSSR count). The zero-order chi connectivity index (χ0) is 61.2. The fraction of sp³-hybridized carbons (Fsp3) is 0.349.